The second-order valence-corrected chi connectivity index (χ2v) is 3.69. The number of aromatic nitrogens is 2. The molecule has 0 saturated heterocycles. The molecule has 1 aromatic heterocycles. The molecule has 1 unspecified atom stereocenters. The number of aliphatic carboxylic acids is 1. The number of hydrogen-bond donors (Lipinski definition) is 1. The molecule has 0 aromatic carbocycles. The number of halogens is 3. The van der Waals surface area contributed by atoms with Crippen LogP contribution < -0.4 is 0 Å². The lowest BCUT2D eigenvalue weighted by Crippen LogP contribution is -2.25. The van der Waals surface area contributed by atoms with Gasteiger partial charge in [0.05, 0.1) is 11.6 Å². The van der Waals surface area contributed by atoms with Gasteiger partial charge in [0.25, 0.3) is 0 Å². The molecule has 7 heteroatoms. The largest absolute Gasteiger partial charge is 0.481 e. The molecule has 2 heterocycles. The molecule has 1 atom stereocenters. The number of nitrogens with zero attached hydrogens (tertiary/aromatic N) is 2. The van der Waals surface area contributed by atoms with Crippen molar-refractivity contribution in [3.05, 3.63) is 17.7 Å². The minimum absolute atomic E-state index is 0.145. The Hall–Kier alpha value is -1.53. The first-order valence-corrected chi connectivity index (χ1v) is 4.76. The molecule has 1 aliphatic heterocycles. The fraction of sp³-hybridized carbons (Fsp3) is 0.556. The van der Waals surface area contributed by atoms with Gasteiger partial charge in [0, 0.05) is 12.7 Å². The Labute approximate surface area is 88.7 Å². The van der Waals surface area contributed by atoms with Crippen molar-refractivity contribution >= 4 is 5.97 Å². The van der Waals surface area contributed by atoms with E-state index >= 15 is 0 Å². The Morgan fingerprint density at radius 2 is 2.25 bits per heavy atom. The average molecular weight is 234 g/mol. The summed E-state index contributed by atoms with van der Waals surface area (Å²) in [6.07, 6.45) is -2.73. The summed E-state index contributed by atoms with van der Waals surface area (Å²) in [5, 5.41) is 8.87. The van der Waals surface area contributed by atoms with E-state index < -0.39 is 23.9 Å². The van der Waals surface area contributed by atoms with Crippen molar-refractivity contribution in [2.24, 2.45) is 0 Å². The van der Waals surface area contributed by atoms with Crippen LogP contribution in [-0.4, -0.2) is 20.6 Å². The molecule has 1 aliphatic rings. The van der Waals surface area contributed by atoms with E-state index in [0.29, 0.717) is 12.8 Å². The molecule has 88 valence electrons. The van der Waals surface area contributed by atoms with E-state index in [9.17, 15) is 18.0 Å². The first-order valence-electron chi connectivity index (χ1n) is 4.76. The second-order valence-electron chi connectivity index (χ2n) is 3.69. The Kier molecular flexibility index (Phi) is 2.40. The highest BCUT2D eigenvalue weighted by Crippen LogP contribution is 2.34. The van der Waals surface area contributed by atoms with Crippen LogP contribution in [0.5, 0.6) is 0 Å². The normalized spacial score (nSPS) is 20.6. The summed E-state index contributed by atoms with van der Waals surface area (Å²) in [6, 6.07) is 0. The standard InChI is InChI=1S/C9H9F3N2O2/c10-9(11,12)8-13-4-6-5(7(15)16)2-1-3-14(6)8/h4-5H,1-3H2,(H,15,16). The molecule has 1 N–H and O–H groups in total. The topological polar surface area (TPSA) is 55.1 Å². The zero-order valence-corrected chi connectivity index (χ0v) is 8.16. The number of rotatable bonds is 1. The van der Waals surface area contributed by atoms with E-state index in [-0.39, 0.29) is 12.2 Å². The van der Waals surface area contributed by atoms with Gasteiger partial charge in [-0.3, -0.25) is 4.79 Å². The highest BCUT2D eigenvalue weighted by Gasteiger charge is 2.40. The van der Waals surface area contributed by atoms with E-state index in [0.717, 1.165) is 10.8 Å². The van der Waals surface area contributed by atoms with E-state index in [1.807, 2.05) is 0 Å². The minimum Gasteiger partial charge on any atom is -0.481 e. The van der Waals surface area contributed by atoms with Crippen LogP contribution in [-0.2, 0) is 17.5 Å². The van der Waals surface area contributed by atoms with Gasteiger partial charge in [0.1, 0.15) is 0 Å². The summed E-state index contributed by atoms with van der Waals surface area (Å²) in [7, 11) is 0. The van der Waals surface area contributed by atoms with E-state index in [4.69, 9.17) is 5.11 Å². The van der Waals surface area contributed by atoms with Gasteiger partial charge < -0.3 is 9.67 Å². The highest BCUT2D eigenvalue weighted by molar-refractivity contribution is 5.75. The van der Waals surface area contributed by atoms with Crippen LogP contribution in [0.4, 0.5) is 13.2 Å². The van der Waals surface area contributed by atoms with Crippen LogP contribution in [0.1, 0.15) is 30.3 Å². The summed E-state index contributed by atoms with van der Waals surface area (Å²) < 4.78 is 38.5. The maximum absolute atomic E-state index is 12.5. The fourth-order valence-corrected chi connectivity index (χ4v) is 1.98. The van der Waals surface area contributed by atoms with Crippen LogP contribution in [0, 0.1) is 0 Å². The zero-order chi connectivity index (χ0) is 11.9. The first-order chi connectivity index (χ1) is 7.41. The summed E-state index contributed by atoms with van der Waals surface area (Å²) in [6.45, 7) is 0.175. The highest BCUT2D eigenvalue weighted by atomic mass is 19.4. The summed E-state index contributed by atoms with van der Waals surface area (Å²) in [5.74, 6) is -2.99. The molecule has 0 fully saturated rings. The molecular weight excluding hydrogens is 225 g/mol. The number of alkyl halides is 3. The van der Waals surface area contributed by atoms with Gasteiger partial charge >= 0.3 is 12.1 Å². The van der Waals surface area contributed by atoms with Crippen LogP contribution in [0.15, 0.2) is 6.20 Å². The molecule has 16 heavy (non-hydrogen) atoms. The summed E-state index contributed by atoms with van der Waals surface area (Å²) >= 11 is 0. The molecule has 0 aliphatic carbocycles. The molecule has 4 nitrogen and oxygen atoms in total. The maximum atomic E-state index is 12.5. The van der Waals surface area contributed by atoms with Gasteiger partial charge in [0.15, 0.2) is 0 Å². The molecule has 0 saturated carbocycles. The van der Waals surface area contributed by atoms with Crippen LogP contribution >= 0.6 is 0 Å². The van der Waals surface area contributed by atoms with Crippen LogP contribution in [0.3, 0.4) is 0 Å². The Bertz CT molecular complexity index is 425. The van der Waals surface area contributed by atoms with Gasteiger partial charge in [-0.25, -0.2) is 4.98 Å². The SMILES string of the molecule is O=C(O)C1CCCn2c1cnc2C(F)(F)F. The van der Waals surface area contributed by atoms with Crippen molar-refractivity contribution in [2.45, 2.75) is 31.5 Å². The fourth-order valence-electron chi connectivity index (χ4n) is 1.98. The molecule has 0 bridgehead atoms. The molecule has 0 amide bonds. The number of fused-ring (bicyclic) bond motifs is 1. The van der Waals surface area contributed by atoms with Gasteiger partial charge in [-0.15, -0.1) is 0 Å². The van der Waals surface area contributed by atoms with Crippen molar-refractivity contribution in [3.8, 4) is 0 Å². The third kappa shape index (κ3) is 1.66. The predicted octanol–water partition coefficient (Wildman–Crippen LogP) is 1.86. The minimum atomic E-state index is -4.53. The average Bonchev–Trinajstić information content (AvgIpc) is 2.59. The van der Waals surface area contributed by atoms with Gasteiger partial charge in [-0.05, 0) is 12.8 Å². The summed E-state index contributed by atoms with van der Waals surface area (Å²) in [5.41, 5.74) is 0.145. The predicted molar refractivity (Wildman–Crippen MR) is 46.8 cm³/mol. The molecule has 0 spiro atoms. The van der Waals surface area contributed by atoms with E-state index in [2.05, 4.69) is 4.98 Å². The monoisotopic (exact) mass is 234 g/mol. The van der Waals surface area contributed by atoms with Crippen LogP contribution in [0.2, 0.25) is 0 Å². The Balaban J connectivity index is 2.46. The Morgan fingerprint density at radius 1 is 1.56 bits per heavy atom. The number of carbonyl (C=O) groups is 1. The van der Waals surface area contributed by atoms with Crippen molar-refractivity contribution in [1.82, 2.24) is 9.55 Å². The second kappa shape index (κ2) is 3.50. The summed E-state index contributed by atoms with van der Waals surface area (Å²) in [4.78, 5) is 14.1. The van der Waals surface area contributed by atoms with E-state index in [1.165, 1.54) is 0 Å². The molecule has 1 aromatic rings. The third-order valence-corrected chi connectivity index (χ3v) is 2.67. The smallest absolute Gasteiger partial charge is 0.449 e. The maximum Gasteiger partial charge on any atom is 0.449 e. The lowest BCUT2D eigenvalue weighted by Gasteiger charge is -2.22. The van der Waals surface area contributed by atoms with Crippen molar-refractivity contribution < 1.29 is 23.1 Å². The van der Waals surface area contributed by atoms with Gasteiger partial charge in [-0.1, -0.05) is 0 Å². The zero-order valence-electron chi connectivity index (χ0n) is 8.16. The van der Waals surface area contributed by atoms with Crippen molar-refractivity contribution in [2.75, 3.05) is 0 Å². The molecular formula is C9H9F3N2O2. The lowest BCUT2D eigenvalue weighted by atomic mass is 9.97. The molecule has 0 radical (unpaired) electrons. The number of imidazole rings is 1. The molecule has 2 rings (SSSR count). The number of hydrogen-bond acceptors (Lipinski definition) is 2. The van der Waals surface area contributed by atoms with Gasteiger partial charge in [0.2, 0.25) is 5.82 Å². The number of carboxylic acid groups (broad SMARTS) is 1. The van der Waals surface area contributed by atoms with Crippen molar-refractivity contribution in [3.63, 3.8) is 0 Å². The third-order valence-electron chi connectivity index (χ3n) is 2.67. The van der Waals surface area contributed by atoms with Crippen LogP contribution in [0.25, 0.3) is 0 Å². The lowest BCUT2D eigenvalue weighted by molar-refractivity contribution is -0.148. The van der Waals surface area contributed by atoms with Crippen molar-refractivity contribution in [1.29, 1.82) is 0 Å². The number of carboxylic acids is 1. The quantitative estimate of drug-likeness (QED) is 0.806. The van der Waals surface area contributed by atoms with E-state index in [1.54, 1.807) is 0 Å². The Morgan fingerprint density at radius 3 is 2.81 bits per heavy atom. The first kappa shape index (κ1) is 11.0. The van der Waals surface area contributed by atoms with Gasteiger partial charge in [-0.2, -0.15) is 13.2 Å².